The molecule has 0 bridgehead atoms. The molecule has 3 N–H and O–H groups in total. The van der Waals surface area contributed by atoms with E-state index in [1.807, 2.05) is 0 Å². The van der Waals surface area contributed by atoms with Crippen LogP contribution in [-0.4, -0.2) is 59.3 Å². The molecule has 0 spiro atoms. The number of amides is 1. The summed E-state index contributed by atoms with van der Waals surface area (Å²) in [5.74, 6) is -0.874. The Labute approximate surface area is 260 Å². The average Bonchev–Trinajstić information content (AvgIpc) is 2.98. The molecule has 0 saturated heterocycles. The zero-order valence-corrected chi connectivity index (χ0v) is 26.6. The second-order valence-electron chi connectivity index (χ2n) is 11.0. The molecule has 1 fully saturated rings. The molecule has 1 aliphatic carbocycles. The van der Waals surface area contributed by atoms with Crippen LogP contribution in [-0.2, 0) is 26.0 Å². The van der Waals surface area contributed by atoms with Crippen LogP contribution in [0.2, 0.25) is 0 Å². The summed E-state index contributed by atoms with van der Waals surface area (Å²) < 4.78 is 65.7. The molecule has 0 atom stereocenters. The summed E-state index contributed by atoms with van der Waals surface area (Å²) in [4.78, 5) is 22.5. The van der Waals surface area contributed by atoms with E-state index in [0.29, 0.717) is 30.3 Å². The highest BCUT2D eigenvalue weighted by molar-refractivity contribution is 7.53. The van der Waals surface area contributed by atoms with E-state index in [2.05, 4.69) is 20.6 Å². The van der Waals surface area contributed by atoms with Crippen molar-refractivity contribution in [3.05, 3.63) is 70.9 Å². The Morgan fingerprint density at radius 3 is 2.24 bits per heavy atom. The largest absolute Gasteiger partial charge is 0.421 e. The first kappa shape index (κ1) is 34.4. The predicted octanol–water partition coefficient (Wildman–Crippen LogP) is 7.47. The highest BCUT2D eigenvalue weighted by Gasteiger charge is 2.36. The van der Waals surface area contributed by atoms with Gasteiger partial charge in [0, 0.05) is 26.0 Å². The summed E-state index contributed by atoms with van der Waals surface area (Å²) in [6.07, 6.45) is -1.56. The van der Waals surface area contributed by atoms with Crippen molar-refractivity contribution in [2.24, 2.45) is 0 Å². The van der Waals surface area contributed by atoms with Gasteiger partial charge in [0.25, 0.3) is 5.91 Å². The third kappa shape index (κ3) is 9.03. The number of hydrogen-bond acceptors (Lipinski definition) is 9. The molecule has 10 nitrogen and oxygen atoms in total. The zero-order valence-electron chi connectivity index (χ0n) is 25.7. The van der Waals surface area contributed by atoms with Crippen LogP contribution >= 0.6 is 7.60 Å². The molecule has 1 saturated carbocycles. The maximum atomic E-state index is 14.0. The molecule has 3 aromatic rings. The summed E-state index contributed by atoms with van der Waals surface area (Å²) in [6.45, 7) is 3.93. The van der Waals surface area contributed by atoms with Crippen molar-refractivity contribution >= 4 is 36.6 Å². The Morgan fingerprint density at radius 2 is 1.67 bits per heavy atom. The van der Waals surface area contributed by atoms with Crippen LogP contribution in [0.3, 0.4) is 0 Å². The number of carbonyl (C=O) groups excluding carboxylic acids is 1. The first-order valence-corrected chi connectivity index (χ1v) is 16.5. The van der Waals surface area contributed by atoms with Gasteiger partial charge in [-0.1, -0.05) is 18.2 Å². The third-order valence-corrected chi connectivity index (χ3v) is 9.49. The number of halogens is 3. The van der Waals surface area contributed by atoms with Crippen molar-refractivity contribution in [1.29, 1.82) is 0 Å². The van der Waals surface area contributed by atoms with E-state index in [-0.39, 0.29) is 54.5 Å². The van der Waals surface area contributed by atoms with Gasteiger partial charge < -0.3 is 29.7 Å². The van der Waals surface area contributed by atoms with Crippen LogP contribution in [0.1, 0.15) is 72.5 Å². The summed E-state index contributed by atoms with van der Waals surface area (Å²) in [7, 11) is -0.171. The van der Waals surface area contributed by atoms with Gasteiger partial charge in [0.2, 0.25) is 5.95 Å². The molecule has 4 rings (SSSR count). The van der Waals surface area contributed by atoms with Gasteiger partial charge in [-0.25, -0.2) is 4.98 Å². The number of aromatic nitrogens is 2. The number of nitrogens with one attached hydrogen (secondary N) is 2. The Morgan fingerprint density at radius 1 is 1.02 bits per heavy atom. The number of benzene rings is 2. The van der Waals surface area contributed by atoms with Crippen LogP contribution in [0, 0.1) is 0 Å². The fourth-order valence-corrected chi connectivity index (χ4v) is 6.89. The molecule has 244 valence electrons. The minimum absolute atomic E-state index is 0.0648. The van der Waals surface area contributed by atoms with E-state index >= 15 is 0 Å². The molecule has 0 aliphatic heterocycles. The quantitative estimate of drug-likeness (QED) is 0.171. The number of rotatable bonds is 12. The lowest BCUT2D eigenvalue weighted by molar-refractivity contribution is -0.137. The second-order valence-corrected chi connectivity index (χ2v) is 13.1. The van der Waals surface area contributed by atoms with Gasteiger partial charge in [0.05, 0.1) is 36.7 Å². The van der Waals surface area contributed by atoms with Crippen molar-refractivity contribution in [2.75, 3.05) is 37.9 Å². The molecule has 1 aromatic heterocycles. The smallest absolute Gasteiger partial charge is 0.393 e. The molecular weight excluding hydrogens is 610 g/mol. The number of nitrogens with zero attached hydrogens (tertiary/aromatic N) is 3. The van der Waals surface area contributed by atoms with Crippen molar-refractivity contribution in [2.45, 2.75) is 63.9 Å². The molecule has 1 amide bonds. The monoisotopic (exact) mass is 649 g/mol. The van der Waals surface area contributed by atoms with Crippen molar-refractivity contribution in [3.8, 4) is 0 Å². The van der Waals surface area contributed by atoms with Crippen LogP contribution in [0.25, 0.3) is 0 Å². The molecule has 1 heterocycles. The van der Waals surface area contributed by atoms with Crippen molar-refractivity contribution < 1.29 is 36.7 Å². The lowest BCUT2D eigenvalue weighted by atomic mass is 9.82. The van der Waals surface area contributed by atoms with E-state index < -0.39 is 25.2 Å². The maximum absolute atomic E-state index is 14.0. The second kappa shape index (κ2) is 14.7. The van der Waals surface area contributed by atoms with Gasteiger partial charge in [-0.2, -0.15) is 18.2 Å². The number of carbonyl (C=O) groups is 1. The number of hydrogen-bond donors (Lipinski definition) is 3. The lowest BCUT2D eigenvalue weighted by Crippen LogP contribution is -2.24. The molecular formula is C31H39F3N5O5P. The van der Waals surface area contributed by atoms with E-state index in [1.54, 1.807) is 70.4 Å². The van der Waals surface area contributed by atoms with Gasteiger partial charge in [-0.05, 0) is 80.8 Å². The fraction of sp³-hybridized carbons (Fsp3) is 0.452. The minimum Gasteiger partial charge on any atom is -0.393 e. The van der Waals surface area contributed by atoms with Gasteiger partial charge in [-0.15, -0.1) is 0 Å². The summed E-state index contributed by atoms with van der Waals surface area (Å²) in [6, 6.07) is 11.8. The third-order valence-electron chi connectivity index (χ3n) is 7.43. The minimum atomic E-state index is -4.77. The standard InChI is InChI=1S/C31H39F3N5O5P/c1-5-43-45(42,44-6-2)19-20-7-12-23(13-8-20)36-30-35-18-26(31(32,33)34)28(38-30)37-27-16-11-22(17-25(27)29(41)39(3)4)21-9-14-24(40)15-10-21/h7-8,11-13,16-18,21,24,40H,5-6,9-10,14-15,19H2,1-4H3,(H2,35,36,37,38). The van der Waals surface area contributed by atoms with Gasteiger partial charge in [-0.3, -0.25) is 9.36 Å². The van der Waals surface area contributed by atoms with Crippen LogP contribution < -0.4 is 10.6 Å². The number of aliphatic hydroxyl groups excluding tert-OH is 1. The van der Waals surface area contributed by atoms with Crippen LogP contribution in [0.15, 0.2) is 48.7 Å². The van der Waals surface area contributed by atoms with Crippen molar-refractivity contribution in [1.82, 2.24) is 14.9 Å². The Bertz CT molecular complexity index is 1500. The molecule has 45 heavy (non-hydrogen) atoms. The molecule has 0 radical (unpaired) electrons. The Hall–Kier alpha value is -3.51. The number of anilines is 4. The lowest BCUT2D eigenvalue weighted by Gasteiger charge is -2.27. The molecule has 2 aromatic carbocycles. The number of alkyl halides is 3. The van der Waals surface area contributed by atoms with Gasteiger partial charge >= 0.3 is 13.8 Å². The number of aliphatic hydroxyl groups is 1. The molecule has 0 unspecified atom stereocenters. The molecule has 1 aliphatic rings. The van der Waals surface area contributed by atoms with Gasteiger partial charge in [0.1, 0.15) is 11.4 Å². The summed E-state index contributed by atoms with van der Waals surface area (Å²) in [5, 5.41) is 15.5. The highest BCUT2D eigenvalue weighted by Crippen LogP contribution is 2.51. The van der Waals surface area contributed by atoms with Gasteiger partial charge in [0.15, 0.2) is 0 Å². The van der Waals surface area contributed by atoms with E-state index in [0.717, 1.165) is 18.4 Å². The molecule has 14 heteroatoms. The predicted molar refractivity (Wildman–Crippen MR) is 166 cm³/mol. The zero-order chi connectivity index (χ0) is 32.8. The van der Waals surface area contributed by atoms with Crippen LogP contribution in [0.4, 0.5) is 36.3 Å². The maximum Gasteiger partial charge on any atom is 0.421 e. The normalized spacial score (nSPS) is 17.2. The Balaban J connectivity index is 1.61. The van der Waals surface area contributed by atoms with E-state index in [4.69, 9.17) is 9.05 Å². The summed E-state index contributed by atoms with van der Waals surface area (Å²) in [5.41, 5.74) is 1.34. The fourth-order valence-electron chi connectivity index (χ4n) is 5.19. The van der Waals surface area contributed by atoms with Crippen molar-refractivity contribution in [3.63, 3.8) is 0 Å². The SMILES string of the molecule is CCOP(=O)(Cc1ccc(Nc2ncc(C(F)(F)F)c(Nc3ccc(C4CCC(O)CC4)cc3C(=O)N(C)C)n2)cc1)OCC. The van der Waals surface area contributed by atoms with E-state index in [9.17, 15) is 27.6 Å². The summed E-state index contributed by atoms with van der Waals surface area (Å²) >= 11 is 0. The average molecular weight is 650 g/mol. The highest BCUT2D eigenvalue weighted by atomic mass is 31.2. The first-order chi connectivity index (χ1) is 21.3. The van der Waals surface area contributed by atoms with Crippen LogP contribution in [0.5, 0.6) is 0 Å². The first-order valence-electron chi connectivity index (χ1n) is 14.8. The van der Waals surface area contributed by atoms with E-state index in [1.165, 1.54) is 4.90 Å². The topological polar surface area (TPSA) is 126 Å². The Kier molecular flexibility index (Phi) is 11.2.